The molecular weight excluding hydrogens is 340 g/mol. The molecule has 0 unspecified atom stereocenters. The Kier molecular flexibility index (Phi) is 4.78. The van der Waals surface area contributed by atoms with Gasteiger partial charge in [-0.05, 0) is 30.5 Å². The Morgan fingerprint density at radius 1 is 1.26 bits per heavy atom. The fraction of sp³-hybridized carbons (Fsp3) is 0.500. The number of aromatic nitrogens is 3. The first-order valence-electron chi connectivity index (χ1n) is 9.47. The van der Waals surface area contributed by atoms with E-state index < -0.39 is 5.41 Å². The molecule has 4 rings (SSSR count). The second kappa shape index (κ2) is 7.23. The fourth-order valence-corrected chi connectivity index (χ4v) is 4.66. The van der Waals surface area contributed by atoms with Crippen LogP contribution in [0.4, 0.5) is 5.95 Å². The van der Waals surface area contributed by atoms with Crippen molar-refractivity contribution >= 4 is 11.9 Å². The van der Waals surface area contributed by atoms with Crippen molar-refractivity contribution in [1.29, 1.82) is 0 Å². The van der Waals surface area contributed by atoms with E-state index in [1.54, 1.807) is 23.5 Å². The van der Waals surface area contributed by atoms with Crippen LogP contribution in [0, 0.1) is 5.41 Å². The van der Waals surface area contributed by atoms with Crippen LogP contribution in [0.3, 0.4) is 0 Å². The zero-order chi connectivity index (χ0) is 18.9. The van der Waals surface area contributed by atoms with E-state index in [9.17, 15) is 4.79 Å². The summed E-state index contributed by atoms with van der Waals surface area (Å²) in [5.41, 5.74) is 0.759. The Morgan fingerprint density at radius 2 is 2.07 bits per heavy atom. The SMILES string of the molecule is CN(C)C(=O)[C@@]12CCCN(c3ncccn3)[C@@H]1CN(Cc1cccnc1)C2. The van der Waals surface area contributed by atoms with Gasteiger partial charge < -0.3 is 9.80 Å². The van der Waals surface area contributed by atoms with Crippen LogP contribution in [0.1, 0.15) is 18.4 Å². The van der Waals surface area contributed by atoms with Crippen LogP contribution in [0.5, 0.6) is 0 Å². The molecule has 7 nitrogen and oxygen atoms in total. The molecular formula is C20H26N6O. The minimum absolute atomic E-state index is 0.0835. The van der Waals surface area contributed by atoms with Crippen LogP contribution >= 0.6 is 0 Å². The molecule has 27 heavy (non-hydrogen) atoms. The van der Waals surface area contributed by atoms with Crippen molar-refractivity contribution < 1.29 is 4.79 Å². The van der Waals surface area contributed by atoms with E-state index >= 15 is 0 Å². The van der Waals surface area contributed by atoms with Gasteiger partial charge in [0, 0.05) is 65.1 Å². The Labute approximate surface area is 160 Å². The second-order valence-corrected chi connectivity index (χ2v) is 7.75. The molecule has 0 aliphatic carbocycles. The van der Waals surface area contributed by atoms with Crippen molar-refractivity contribution in [2.75, 3.05) is 38.6 Å². The lowest BCUT2D eigenvalue weighted by atomic mass is 9.74. The molecule has 2 aliphatic heterocycles. The average Bonchev–Trinajstić information content (AvgIpc) is 3.07. The summed E-state index contributed by atoms with van der Waals surface area (Å²) in [5, 5.41) is 0. The zero-order valence-electron chi connectivity index (χ0n) is 16.0. The van der Waals surface area contributed by atoms with E-state index in [0.29, 0.717) is 0 Å². The lowest BCUT2D eigenvalue weighted by Crippen LogP contribution is -2.58. The minimum Gasteiger partial charge on any atom is -0.348 e. The molecule has 0 aromatic carbocycles. The predicted octanol–water partition coefficient (Wildman–Crippen LogP) is 1.43. The lowest BCUT2D eigenvalue weighted by molar-refractivity contribution is -0.140. The van der Waals surface area contributed by atoms with Crippen molar-refractivity contribution in [3.63, 3.8) is 0 Å². The molecule has 2 aromatic heterocycles. The van der Waals surface area contributed by atoms with Gasteiger partial charge in [0.2, 0.25) is 11.9 Å². The number of rotatable bonds is 4. The van der Waals surface area contributed by atoms with Gasteiger partial charge in [-0.15, -0.1) is 0 Å². The Hall–Kier alpha value is -2.54. The van der Waals surface area contributed by atoms with Gasteiger partial charge in [0.15, 0.2) is 0 Å². The fourth-order valence-electron chi connectivity index (χ4n) is 4.66. The maximum absolute atomic E-state index is 13.3. The number of piperidine rings is 1. The highest BCUT2D eigenvalue weighted by Gasteiger charge is 2.56. The normalized spacial score (nSPS) is 25.3. The molecule has 1 amide bonds. The number of hydrogen-bond donors (Lipinski definition) is 0. The van der Waals surface area contributed by atoms with E-state index in [2.05, 4.69) is 30.8 Å². The quantitative estimate of drug-likeness (QED) is 0.816. The highest BCUT2D eigenvalue weighted by molar-refractivity contribution is 5.85. The zero-order valence-corrected chi connectivity index (χ0v) is 16.0. The van der Waals surface area contributed by atoms with Gasteiger partial charge in [0.25, 0.3) is 0 Å². The Bertz CT molecular complexity index is 784. The molecule has 0 spiro atoms. The third-order valence-electron chi connectivity index (χ3n) is 5.74. The van der Waals surface area contributed by atoms with Crippen molar-refractivity contribution in [1.82, 2.24) is 24.8 Å². The summed E-state index contributed by atoms with van der Waals surface area (Å²) in [5.74, 6) is 0.933. The van der Waals surface area contributed by atoms with Gasteiger partial charge >= 0.3 is 0 Å². The van der Waals surface area contributed by atoms with E-state index in [1.165, 1.54) is 5.56 Å². The molecule has 2 saturated heterocycles. The van der Waals surface area contributed by atoms with E-state index in [4.69, 9.17) is 0 Å². The van der Waals surface area contributed by atoms with E-state index in [0.717, 1.165) is 45.0 Å². The smallest absolute Gasteiger partial charge is 0.231 e. The molecule has 0 radical (unpaired) electrons. The molecule has 2 fully saturated rings. The van der Waals surface area contributed by atoms with E-state index in [1.807, 2.05) is 32.4 Å². The highest BCUT2D eigenvalue weighted by atomic mass is 16.2. The third-order valence-corrected chi connectivity index (χ3v) is 5.74. The minimum atomic E-state index is -0.414. The topological polar surface area (TPSA) is 65.5 Å². The van der Waals surface area contributed by atoms with Crippen LogP contribution in [0.25, 0.3) is 0 Å². The summed E-state index contributed by atoms with van der Waals surface area (Å²) >= 11 is 0. The number of pyridine rings is 1. The van der Waals surface area contributed by atoms with Gasteiger partial charge in [0.1, 0.15) is 0 Å². The molecule has 0 N–H and O–H groups in total. The van der Waals surface area contributed by atoms with Crippen LogP contribution in [0.15, 0.2) is 43.0 Å². The molecule has 7 heteroatoms. The van der Waals surface area contributed by atoms with Crippen molar-refractivity contribution in [3.8, 4) is 0 Å². The molecule has 2 aromatic rings. The largest absolute Gasteiger partial charge is 0.348 e. The predicted molar refractivity (Wildman–Crippen MR) is 103 cm³/mol. The number of fused-ring (bicyclic) bond motifs is 1. The first kappa shape index (κ1) is 17.9. The number of carbonyl (C=O) groups excluding carboxylic acids is 1. The van der Waals surface area contributed by atoms with Crippen LogP contribution in [-0.4, -0.2) is 70.4 Å². The molecule has 2 aliphatic rings. The maximum Gasteiger partial charge on any atom is 0.231 e. The molecule has 0 saturated carbocycles. The van der Waals surface area contributed by atoms with E-state index in [-0.39, 0.29) is 11.9 Å². The summed E-state index contributed by atoms with van der Waals surface area (Å²) in [6.07, 6.45) is 9.11. The van der Waals surface area contributed by atoms with Crippen LogP contribution in [-0.2, 0) is 11.3 Å². The first-order chi connectivity index (χ1) is 13.1. The van der Waals surface area contributed by atoms with Gasteiger partial charge in [-0.2, -0.15) is 0 Å². The second-order valence-electron chi connectivity index (χ2n) is 7.75. The average molecular weight is 366 g/mol. The monoisotopic (exact) mass is 366 g/mol. The van der Waals surface area contributed by atoms with Crippen LogP contribution in [0.2, 0.25) is 0 Å². The van der Waals surface area contributed by atoms with Crippen molar-refractivity contribution in [2.24, 2.45) is 5.41 Å². The Morgan fingerprint density at radius 3 is 2.78 bits per heavy atom. The van der Waals surface area contributed by atoms with Gasteiger partial charge in [0.05, 0.1) is 11.5 Å². The van der Waals surface area contributed by atoms with Gasteiger partial charge in [-0.3, -0.25) is 14.7 Å². The number of amides is 1. The first-order valence-corrected chi connectivity index (χ1v) is 9.47. The standard InChI is InChI=1S/C20H26N6O/c1-24(2)18(27)20-7-4-11-26(19-22-9-5-10-23-19)17(20)14-25(15-20)13-16-6-3-8-21-12-16/h3,5-6,8-10,12,17H,4,7,11,13-15H2,1-2H3/t17-,20-/m1/s1. The van der Waals surface area contributed by atoms with Gasteiger partial charge in [-0.25, -0.2) is 9.97 Å². The lowest BCUT2D eigenvalue weighted by Gasteiger charge is -2.45. The number of hydrogen-bond acceptors (Lipinski definition) is 6. The third kappa shape index (κ3) is 3.27. The maximum atomic E-state index is 13.3. The molecule has 4 heterocycles. The summed E-state index contributed by atoms with van der Waals surface area (Å²) in [6.45, 7) is 3.27. The highest BCUT2D eigenvalue weighted by Crippen LogP contribution is 2.44. The summed E-state index contributed by atoms with van der Waals surface area (Å²) in [7, 11) is 3.71. The molecule has 0 bridgehead atoms. The van der Waals surface area contributed by atoms with Gasteiger partial charge in [-0.1, -0.05) is 6.07 Å². The number of anilines is 1. The molecule has 2 atom stereocenters. The molecule has 142 valence electrons. The number of carbonyl (C=O) groups is 1. The summed E-state index contributed by atoms with van der Waals surface area (Å²) < 4.78 is 0. The Balaban J connectivity index is 1.66. The van der Waals surface area contributed by atoms with Crippen LogP contribution < -0.4 is 4.90 Å². The van der Waals surface area contributed by atoms with Crippen molar-refractivity contribution in [3.05, 3.63) is 48.5 Å². The summed E-state index contributed by atoms with van der Waals surface area (Å²) in [6, 6.07) is 5.96. The van der Waals surface area contributed by atoms with Crippen molar-refractivity contribution in [2.45, 2.75) is 25.4 Å². The summed E-state index contributed by atoms with van der Waals surface area (Å²) in [4.78, 5) is 32.8. The number of nitrogens with zero attached hydrogens (tertiary/aromatic N) is 6. The number of likely N-dealkylation sites (tertiary alicyclic amines) is 1.